The van der Waals surface area contributed by atoms with E-state index in [0.29, 0.717) is 0 Å². The molecule has 0 saturated heterocycles. The first-order valence-electron chi connectivity index (χ1n) is 2.79. The number of hydrogen-bond donors (Lipinski definition) is 0. The lowest BCUT2D eigenvalue weighted by Gasteiger charge is -1.77. The highest BCUT2D eigenvalue weighted by molar-refractivity contribution is 6.55. The fourth-order valence-corrected chi connectivity index (χ4v) is 0.849. The molecule has 0 fully saturated rings. The zero-order valence-electron chi connectivity index (χ0n) is 5.14. The standard InChI is InChI=1S/C8H5Cl2/c9-8(10)6-7-4-2-1-3-5-7/h1-5H/q+1. The van der Waals surface area contributed by atoms with Gasteiger partial charge in [0.1, 0.15) is 0 Å². The Balaban J connectivity index is 2.87. The second-order valence-corrected chi connectivity index (χ2v) is 2.70. The van der Waals surface area contributed by atoms with Crippen LogP contribution in [0.3, 0.4) is 0 Å². The lowest BCUT2D eigenvalue weighted by Crippen LogP contribution is -1.69. The first kappa shape index (κ1) is 7.56. The van der Waals surface area contributed by atoms with Gasteiger partial charge in [0.15, 0.2) is 5.56 Å². The van der Waals surface area contributed by atoms with E-state index in [4.69, 9.17) is 23.2 Å². The first-order valence-corrected chi connectivity index (χ1v) is 3.54. The van der Waals surface area contributed by atoms with Gasteiger partial charge >= 0.3 is 0 Å². The molecule has 0 radical (unpaired) electrons. The quantitative estimate of drug-likeness (QED) is 0.570. The summed E-state index contributed by atoms with van der Waals surface area (Å²) >= 11 is 10.8. The Kier molecular flexibility index (Phi) is 2.70. The molecule has 0 amide bonds. The Morgan fingerprint density at radius 2 is 1.70 bits per heavy atom. The van der Waals surface area contributed by atoms with Gasteiger partial charge in [0.25, 0.3) is 0 Å². The average molecular weight is 172 g/mol. The molecular formula is C8H5Cl2+. The monoisotopic (exact) mass is 171 g/mol. The van der Waals surface area contributed by atoms with Crippen LogP contribution in [0.2, 0.25) is 0 Å². The maximum Gasteiger partial charge on any atom is 0.219 e. The molecule has 10 heavy (non-hydrogen) atoms. The van der Waals surface area contributed by atoms with Crippen LogP contribution in [0.5, 0.6) is 0 Å². The third kappa shape index (κ3) is 2.36. The van der Waals surface area contributed by atoms with Crippen molar-refractivity contribution in [3.63, 3.8) is 0 Å². The molecule has 0 saturated carbocycles. The molecule has 50 valence electrons. The van der Waals surface area contributed by atoms with Crippen molar-refractivity contribution < 1.29 is 0 Å². The smallest absolute Gasteiger partial charge is 0.0449 e. The Morgan fingerprint density at radius 1 is 1.10 bits per heavy atom. The van der Waals surface area contributed by atoms with E-state index in [1.54, 1.807) is 0 Å². The van der Waals surface area contributed by atoms with Gasteiger partial charge in [-0.05, 0) is 41.4 Å². The van der Waals surface area contributed by atoms with Gasteiger partial charge in [-0.3, -0.25) is 0 Å². The zero-order chi connectivity index (χ0) is 7.40. The molecule has 0 nitrogen and oxygen atoms in total. The van der Waals surface area contributed by atoms with Crippen LogP contribution >= 0.6 is 23.2 Å². The summed E-state index contributed by atoms with van der Waals surface area (Å²) in [4.78, 5) is 0. The van der Waals surface area contributed by atoms with Gasteiger partial charge in [0, 0.05) is 0 Å². The molecule has 0 aliphatic heterocycles. The Morgan fingerprint density at radius 3 is 2.20 bits per heavy atom. The molecule has 1 aromatic carbocycles. The van der Waals surface area contributed by atoms with Crippen LogP contribution in [0.1, 0.15) is 5.56 Å². The molecular weight excluding hydrogens is 167 g/mol. The summed E-state index contributed by atoms with van der Waals surface area (Å²) in [6.07, 6.45) is 2.75. The molecule has 0 aliphatic carbocycles. The Bertz CT molecular complexity index is 222. The molecule has 0 N–H and O–H groups in total. The van der Waals surface area contributed by atoms with Crippen LogP contribution in [0.25, 0.3) is 0 Å². The summed E-state index contributed by atoms with van der Waals surface area (Å²) in [7, 11) is 0. The molecule has 1 aromatic rings. The summed E-state index contributed by atoms with van der Waals surface area (Å²) in [6.45, 7) is 0. The third-order valence-corrected chi connectivity index (χ3v) is 1.20. The maximum absolute atomic E-state index is 5.38. The van der Waals surface area contributed by atoms with Gasteiger partial charge in [0.2, 0.25) is 4.49 Å². The molecule has 0 heterocycles. The summed E-state index contributed by atoms with van der Waals surface area (Å²) in [5.41, 5.74) is 0.891. The highest BCUT2D eigenvalue weighted by Crippen LogP contribution is 2.09. The number of halogens is 2. The van der Waals surface area contributed by atoms with Gasteiger partial charge in [-0.15, -0.1) is 0 Å². The van der Waals surface area contributed by atoms with Crippen molar-refractivity contribution in [2.75, 3.05) is 0 Å². The van der Waals surface area contributed by atoms with Crippen LogP contribution in [0.4, 0.5) is 0 Å². The second-order valence-electron chi connectivity index (χ2n) is 1.75. The van der Waals surface area contributed by atoms with Crippen molar-refractivity contribution in [2.24, 2.45) is 0 Å². The van der Waals surface area contributed by atoms with E-state index >= 15 is 0 Å². The third-order valence-electron chi connectivity index (χ3n) is 1.01. The SMILES string of the molecule is ClC(Cl)=[C+]c1ccccc1. The average Bonchev–Trinajstić information content (AvgIpc) is 1.88. The largest absolute Gasteiger partial charge is 0.219 e. The summed E-state index contributed by atoms with van der Waals surface area (Å²) in [6, 6.07) is 9.49. The van der Waals surface area contributed by atoms with E-state index < -0.39 is 0 Å². The highest BCUT2D eigenvalue weighted by Gasteiger charge is 1.97. The van der Waals surface area contributed by atoms with E-state index in [2.05, 4.69) is 6.08 Å². The van der Waals surface area contributed by atoms with Gasteiger partial charge in [-0.2, -0.15) is 0 Å². The number of rotatable bonds is 1. The van der Waals surface area contributed by atoms with Gasteiger partial charge in [0.05, 0.1) is 18.2 Å². The molecule has 1 rings (SSSR count). The van der Waals surface area contributed by atoms with Crippen molar-refractivity contribution in [3.05, 3.63) is 46.5 Å². The molecule has 0 atom stereocenters. The highest BCUT2D eigenvalue weighted by atomic mass is 35.5. The van der Waals surface area contributed by atoms with Gasteiger partial charge in [-0.1, -0.05) is 0 Å². The van der Waals surface area contributed by atoms with Gasteiger partial charge < -0.3 is 0 Å². The lowest BCUT2D eigenvalue weighted by molar-refractivity contribution is 1.57. The van der Waals surface area contributed by atoms with E-state index in [9.17, 15) is 0 Å². The van der Waals surface area contributed by atoms with Gasteiger partial charge in [-0.25, -0.2) is 0 Å². The van der Waals surface area contributed by atoms with Crippen LogP contribution < -0.4 is 0 Å². The zero-order valence-corrected chi connectivity index (χ0v) is 6.65. The fourth-order valence-electron chi connectivity index (χ4n) is 0.631. The maximum atomic E-state index is 5.38. The number of benzene rings is 1. The minimum Gasteiger partial charge on any atom is -0.0449 e. The molecule has 0 spiro atoms. The topological polar surface area (TPSA) is 0 Å². The molecule has 0 bridgehead atoms. The predicted molar refractivity (Wildman–Crippen MR) is 44.0 cm³/mol. The molecule has 0 aromatic heterocycles. The molecule has 0 unspecified atom stereocenters. The predicted octanol–water partition coefficient (Wildman–Crippen LogP) is 3.16. The fraction of sp³-hybridized carbons (Fsp3) is 0. The Labute approximate surface area is 70.1 Å². The van der Waals surface area contributed by atoms with Crippen molar-refractivity contribution in [1.82, 2.24) is 0 Å². The summed E-state index contributed by atoms with van der Waals surface area (Å²) in [5, 5.41) is 0. The van der Waals surface area contributed by atoms with Crippen LogP contribution in [0, 0.1) is 6.08 Å². The molecule has 0 aliphatic rings. The lowest BCUT2D eigenvalue weighted by atomic mass is 10.2. The number of hydrogen-bond acceptors (Lipinski definition) is 0. The van der Waals surface area contributed by atoms with E-state index in [1.165, 1.54) is 0 Å². The van der Waals surface area contributed by atoms with Crippen molar-refractivity contribution >= 4 is 23.2 Å². The van der Waals surface area contributed by atoms with Crippen molar-refractivity contribution in [3.8, 4) is 0 Å². The van der Waals surface area contributed by atoms with Crippen molar-refractivity contribution in [2.45, 2.75) is 0 Å². The Hall–Kier alpha value is -0.550. The first-order chi connectivity index (χ1) is 4.79. The summed E-state index contributed by atoms with van der Waals surface area (Å²) in [5.74, 6) is 0. The second kappa shape index (κ2) is 3.58. The minimum atomic E-state index is 0.159. The van der Waals surface area contributed by atoms with Crippen LogP contribution in [-0.4, -0.2) is 0 Å². The van der Waals surface area contributed by atoms with Crippen LogP contribution in [0.15, 0.2) is 34.8 Å². The minimum absolute atomic E-state index is 0.159. The molecule has 2 heteroatoms. The van der Waals surface area contributed by atoms with E-state index in [0.717, 1.165) is 5.56 Å². The van der Waals surface area contributed by atoms with Crippen LogP contribution in [-0.2, 0) is 0 Å². The normalized spacial score (nSPS) is 8.60. The van der Waals surface area contributed by atoms with E-state index in [-0.39, 0.29) is 4.49 Å². The van der Waals surface area contributed by atoms with Crippen molar-refractivity contribution in [1.29, 1.82) is 0 Å². The summed E-state index contributed by atoms with van der Waals surface area (Å²) < 4.78 is 0.159. The van der Waals surface area contributed by atoms with E-state index in [1.807, 2.05) is 30.3 Å².